The molecule has 17 heavy (non-hydrogen) atoms. The lowest BCUT2D eigenvalue weighted by atomic mass is 9.96. The summed E-state index contributed by atoms with van der Waals surface area (Å²) in [6, 6.07) is 3.17. The van der Waals surface area contributed by atoms with Crippen molar-refractivity contribution >= 4 is 5.65 Å². The van der Waals surface area contributed by atoms with Crippen LogP contribution in [-0.4, -0.2) is 39.6 Å². The zero-order valence-corrected chi connectivity index (χ0v) is 9.89. The van der Waals surface area contributed by atoms with Crippen LogP contribution >= 0.6 is 0 Å². The molecule has 0 aliphatic carbocycles. The predicted octanol–water partition coefficient (Wildman–Crippen LogP) is 0.832. The maximum Gasteiger partial charge on any atom is 0.183 e. The fourth-order valence-corrected chi connectivity index (χ4v) is 2.49. The van der Waals surface area contributed by atoms with E-state index in [2.05, 4.69) is 22.1 Å². The summed E-state index contributed by atoms with van der Waals surface area (Å²) in [4.78, 5) is 13.6. The highest BCUT2D eigenvalue weighted by Gasteiger charge is 2.22. The molecule has 0 aromatic carbocycles. The number of nitrogens with zero attached hydrogens (tertiary/aromatic N) is 3. The fourth-order valence-electron chi connectivity index (χ4n) is 2.49. The van der Waals surface area contributed by atoms with Crippen LogP contribution in [0.2, 0.25) is 0 Å². The molecule has 5 heteroatoms. The number of aromatic amines is 1. The van der Waals surface area contributed by atoms with Crippen LogP contribution in [0, 0.1) is 0 Å². The minimum atomic E-state index is 0.0172. The molecule has 1 N–H and O–H groups in total. The molecule has 0 bridgehead atoms. The monoisotopic (exact) mass is 232 g/mol. The van der Waals surface area contributed by atoms with Crippen LogP contribution in [0.5, 0.6) is 0 Å². The topological polar surface area (TPSA) is 53.4 Å². The van der Waals surface area contributed by atoms with Crippen LogP contribution in [0.25, 0.3) is 5.65 Å². The third kappa shape index (κ3) is 1.86. The molecule has 0 saturated carbocycles. The van der Waals surface area contributed by atoms with E-state index in [0.717, 1.165) is 37.4 Å². The second-order valence-corrected chi connectivity index (χ2v) is 4.78. The first kappa shape index (κ1) is 10.5. The number of likely N-dealkylation sites (tertiary alicyclic amines) is 1. The van der Waals surface area contributed by atoms with E-state index < -0.39 is 0 Å². The third-order valence-corrected chi connectivity index (χ3v) is 3.54. The Morgan fingerprint density at radius 3 is 2.94 bits per heavy atom. The van der Waals surface area contributed by atoms with Crippen molar-refractivity contribution in [1.82, 2.24) is 19.5 Å². The fraction of sp³-hybridized carbons (Fsp3) is 0.500. The van der Waals surface area contributed by atoms with E-state index in [0.29, 0.717) is 5.92 Å². The predicted molar refractivity (Wildman–Crippen MR) is 65.3 cm³/mol. The summed E-state index contributed by atoms with van der Waals surface area (Å²) < 4.78 is 2.00. The van der Waals surface area contributed by atoms with Crippen molar-refractivity contribution in [1.29, 1.82) is 0 Å². The maximum atomic E-state index is 11.2. The molecule has 1 saturated heterocycles. The summed E-state index contributed by atoms with van der Waals surface area (Å²) in [6.07, 6.45) is 4.07. The first-order chi connectivity index (χ1) is 8.24. The molecule has 0 unspecified atom stereocenters. The van der Waals surface area contributed by atoms with Crippen molar-refractivity contribution in [2.45, 2.75) is 18.8 Å². The summed E-state index contributed by atoms with van der Waals surface area (Å²) in [7, 11) is 2.15. The number of piperidine rings is 1. The Morgan fingerprint density at radius 1 is 1.41 bits per heavy atom. The van der Waals surface area contributed by atoms with Crippen molar-refractivity contribution in [2.75, 3.05) is 20.1 Å². The van der Waals surface area contributed by atoms with E-state index in [9.17, 15) is 4.79 Å². The molecule has 1 aliphatic heterocycles. The lowest BCUT2D eigenvalue weighted by Gasteiger charge is -2.27. The minimum absolute atomic E-state index is 0.0172. The van der Waals surface area contributed by atoms with Gasteiger partial charge in [0, 0.05) is 24.2 Å². The average molecular weight is 232 g/mol. The van der Waals surface area contributed by atoms with Gasteiger partial charge in [0.1, 0.15) is 11.5 Å². The van der Waals surface area contributed by atoms with E-state index in [-0.39, 0.29) is 5.43 Å². The number of fused-ring (bicyclic) bond motifs is 1. The number of rotatable bonds is 1. The average Bonchev–Trinajstić information content (AvgIpc) is 2.73. The molecule has 2 aromatic heterocycles. The molecule has 0 atom stereocenters. The van der Waals surface area contributed by atoms with E-state index in [1.165, 1.54) is 0 Å². The highest BCUT2D eigenvalue weighted by molar-refractivity contribution is 5.37. The zero-order valence-electron chi connectivity index (χ0n) is 9.89. The van der Waals surface area contributed by atoms with E-state index in [4.69, 9.17) is 0 Å². The Bertz CT molecular complexity index is 577. The quantitative estimate of drug-likeness (QED) is 0.792. The molecule has 3 rings (SSSR count). The first-order valence-corrected chi connectivity index (χ1v) is 5.99. The standard InChI is InChI=1S/C12H16N4O/c1-15-5-2-9(3-6-15)12-14-13-11-8-10(17)4-7-16(11)12/h4,7-9,13H,2-3,5-6H2,1H3. The smallest absolute Gasteiger partial charge is 0.183 e. The summed E-state index contributed by atoms with van der Waals surface area (Å²) in [5.74, 6) is 1.54. The molecule has 0 radical (unpaired) electrons. The lowest BCUT2D eigenvalue weighted by molar-refractivity contribution is 0.250. The Balaban J connectivity index is 1.98. The SMILES string of the molecule is CN1CCC(c2n[nH]c3cc(=O)ccn23)CC1. The molecule has 3 heterocycles. The number of pyridine rings is 1. The van der Waals surface area contributed by atoms with Gasteiger partial charge in [-0.15, -0.1) is 0 Å². The molecule has 5 nitrogen and oxygen atoms in total. The van der Waals surface area contributed by atoms with Crippen LogP contribution in [0.4, 0.5) is 0 Å². The number of aromatic nitrogens is 3. The van der Waals surface area contributed by atoms with Crippen molar-refractivity contribution in [3.05, 3.63) is 34.4 Å². The van der Waals surface area contributed by atoms with Crippen LogP contribution in [0.15, 0.2) is 23.1 Å². The van der Waals surface area contributed by atoms with Crippen LogP contribution < -0.4 is 5.43 Å². The van der Waals surface area contributed by atoms with Gasteiger partial charge in [-0.05, 0) is 33.0 Å². The van der Waals surface area contributed by atoms with Crippen molar-refractivity contribution in [3.63, 3.8) is 0 Å². The van der Waals surface area contributed by atoms with Gasteiger partial charge in [0.15, 0.2) is 5.43 Å². The van der Waals surface area contributed by atoms with E-state index in [1.54, 1.807) is 12.1 Å². The second-order valence-electron chi connectivity index (χ2n) is 4.78. The molecule has 2 aromatic rings. The van der Waals surface area contributed by atoms with Crippen molar-refractivity contribution < 1.29 is 0 Å². The summed E-state index contributed by atoms with van der Waals surface area (Å²) in [5, 5.41) is 7.30. The number of nitrogens with one attached hydrogen (secondary N) is 1. The molecular weight excluding hydrogens is 216 g/mol. The van der Waals surface area contributed by atoms with Gasteiger partial charge >= 0.3 is 0 Å². The Kier molecular flexibility index (Phi) is 2.48. The normalized spacial score (nSPS) is 18.9. The molecular formula is C12H16N4O. The van der Waals surface area contributed by atoms with Gasteiger partial charge < -0.3 is 4.90 Å². The maximum absolute atomic E-state index is 11.2. The van der Waals surface area contributed by atoms with Gasteiger partial charge in [0.25, 0.3) is 0 Å². The highest BCUT2D eigenvalue weighted by Crippen LogP contribution is 2.25. The van der Waals surface area contributed by atoms with Crippen LogP contribution in [-0.2, 0) is 0 Å². The van der Waals surface area contributed by atoms with Gasteiger partial charge in [-0.25, -0.2) is 0 Å². The summed E-state index contributed by atoms with van der Waals surface area (Å²) in [5.41, 5.74) is 0.801. The van der Waals surface area contributed by atoms with Crippen LogP contribution in [0.1, 0.15) is 24.6 Å². The number of hydrogen-bond donors (Lipinski definition) is 1. The van der Waals surface area contributed by atoms with Gasteiger partial charge in [0.2, 0.25) is 0 Å². The summed E-state index contributed by atoms with van der Waals surface area (Å²) in [6.45, 7) is 2.22. The van der Waals surface area contributed by atoms with E-state index in [1.807, 2.05) is 10.6 Å². The van der Waals surface area contributed by atoms with Gasteiger partial charge in [-0.3, -0.25) is 14.3 Å². The molecule has 1 aliphatic rings. The Labute approximate surface area is 99.1 Å². The second kappa shape index (κ2) is 4.00. The van der Waals surface area contributed by atoms with Gasteiger partial charge in [-0.2, -0.15) is 5.10 Å². The Morgan fingerprint density at radius 2 is 2.18 bits per heavy atom. The molecule has 1 fully saturated rings. The molecule has 0 amide bonds. The first-order valence-electron chi connectivity index (χ1n) is 5.99. The number of hydrogen-bond acceptors (Lipinski definition) is 3. The number of H-pyrrole nitrogens is 1. The molecule has 90 valence electrons. The van der Waals surface area contributed by atoms with Gasteiger partial charge in [0.05, 0.1) is 0 Å². The largest absolute Gasteiger partial charge is 0.306 e. The zero-order chi connectivity index (χ0) is 11.8. The Hall–Kier alpha value is -1.62. The van der Waals surface area contributed by atoms with Gasteiger partial charge in [-0.1, -0.05) is 0 Å². The van der Waals surface area contributed by atoms with Crippen LogP contribution in [0.3, 0.4) is 0 Å². The summed E-state index contributed by atoms with van der Waals surface area (Å²) >= 11 is 0. The van der Waals surface area contributed by atoms with Crippen molar-refractivity contribution in [3.8, 4) is 0 Å². The lowest BCUT2D eigenvalue weighted by Crippen LogP contribution is -2.30. The molecule has 0 spiro atoms. The third-order valence-electron chi connectivity index (χ3n) is 3.54. The van der Waals surface area contributed by atoms with Crippen molar-refractivity contribution in [2.24, 2.45) is 0 Å². The minimum Gasteiger partial charge on any atom is -0.306 e. The van der Waals surface area contributed by atoms with E-state index >= 15 is 0 Å². The highest BCUT2D eigenvalue weighted by atomic mass is 16.1.